The van der Waals surface area contributed by atoms with Gasteiger partial charge in [0.05, 0.1) is 21.1 Å². The molecular weight excluding hydrogens is 480 g/mol. The smallest absolute Gasteiger partial charge is 0.175 e. The first-order valence-electron chi connectivity index (χ1n) is 8.97. The van der Waals surface area contributed by atoms with Crippen molar-refractivity contribution in [1.82, 2.24) is 0 Å². The van der Waals surface area contributed by atoms with Gasteiger partial charge in [0.25, 0.3) is 0 Å². The summed E-state index contributed by atoms with van der Waals surface area (Å²) in [5.41, 5.74) is 2.59. The normalized spacial score (nSPS) is 10.7. The van der Waals surface area contributed by atoms with Gasteiger partial charge >= 0.3 is 0 Å². The van der Waals surface area contributed by atoms with E-state index in [-0.39, 0.29) is 12.4 Å². The van der Waals surface area contributed by atoms with E-state index in [2.05, 4.69) is 21.2 Å². The molecule has 0 aromatic heterocycles. The lowest BCUT2D eigenvalue weighted by Gasteiger charge is -2.16. The van der Waals surface area contributed by atoms with E-state index in [9.17, 15) is 4.39 Å². The van der Waals surface area contributed by atoms with Crippen LogP contribution in [0, 0.1) is 5.82 Å². The van der Waals surface area contributed by atoms with Crippen LogP contribution in [-0.2, 0) is 13.2 Å². The Labute approximate surface area is 187 Å². The van der Waals surface area contributed by atoms with Crippen molar-refractivity contribution < 1.29 is 13.9 Å². The minimum atomic E-state index is -0.293. The van der Waals surface area contributed by atoms with Crippen molar-refractivity contribution in [3.05, 3.63) is 86.1 Å². The highest BCUT2D eigenvalue weighted by Gasteiger charge is 2.13. The van der Waals surface area contributed by atoms with E-state index in [4.69, 9.17) is 32.7 Å². The molecule has 0 fully saturated rings. The molecule has 0 aliphatic heterocycles. The second kappa shape index (κ2) is 10.2. The van der Waals surface area contributed by atoms with Crippen LogP contribution in [0.5, 0.6) is 11.5 Å². The Balaban J connectivity index is 1.75. The second-order valence-corrected chi connectivity index (χ2v) is 7.91. The fourth-order valence-corrected chi connectivity index (χ4v) is 3.62. The van der Waals surface area contributed by atoms with Gasteiger partial charge in [-0.2, -0.15) is 0 Å². The van der Waals surface area contributed by atoms with Crippen LogP contribution in [0.4, 0.5) is 10.1 Å². The number of benzene rings is 3. The van der Waals surface area contributed by atoms with Crippen molar-refractivity contribution in [3.8, 4) is 11.5 Å². The van der Waals surface area contributed by atoms with Crippen LogP contribution >= 0.6 is 39.1 Å². The molecule has 3 aromatic carbocycles. The van der Waals surface area contributed by atoms with E-state index >= 15 is 0 Å². The second-order valence-electron chi connectivity index (χ2n) is 6.24. The molecule has 0 radical (unpaired) electrons. The van der Waals surface area contributed by atoms with Crippen LogP contribution < -0.4 is 14.8 Å². The minimum absolute atomic E-state index is 0.233. The van der Waals surface area contributed by atoms with Gasteiger partial charge in [0, 0.05) is 12.2 Å². The van der Waals surface area contributed by atoms with Gasteiger partial charge in [-0.15, -0.1) is 0 Å². The summed E-state index contributed by atoms with van der Waals surface area (Å²) in [7, 11) is 0. The van der Waals surface area contributed by atoms with Crippen molar-refractivity contribution in [2.45, 2.75) is 20.1 Å². The lowest BCUT2D eigenvalue weighted by Crippen LogP contribution is -2.04. The number of ether oxygens (including phenoxy) is 2. The van der Waals surface area contributed by atoms with Crippen molar-refractivity contribution in [1.29, 1.82) is 0 Å². The monoisotopic (exact) mass is 497 g/mol. The highest BCUT2D eigenvalue weighted by molar-refractivity contribution is 9.10. The molecule has 0 atom stereocenters. The van der Waals surface area contributed by atoms with Gasteiger partial charge in [-0.1, -0.05) is 35.3 Å². The molecule has 3 nitrogen and oxygen atoms in total. The van der Waals surface area contributed by atoms with Gasteiger partial charge in [0.15, 0.2) is 11.5 Å². The Morgan fingerprint density at radius 3 is 2.52 bits per heavy atom. The molecule has 152 valence electrons. The van der Waals surface area contributed by atoms with Crippen molar-refractivity contribution in [3.63, 3.8) is 0 Å². The Morgan fingerprint density at radius 2 is 1.79 bits per heavy atom. The van der Waals surface area contributed by atoms with E-state index in [0.29, 0.717) is 34.7 Å². The summed E-state index contributed by atoms with van der Waals surface area (Å²) >= 11 is 15.6. The zero-order chi connectivity index (χ0) is 20.8. The van der Waals surface area contributed by atoms with Crippen molar-refractivity contribution in [2.24, 2.45) is 0 Å². The van der Waals surface area contributed by atoms with E-state index < -0.39 is 0 Å². The summed E-state index contributed by atoms with van der Waals surface area (Å²) in [5, 5.41) is 4.31. The summed E-state index contributed by atoms with van der Waals surface area (Å²) < 4.78 is 25.8. The number of hydrogen-bond donors (Lipinski definition) is 1. The van der Waals surface area contributed by atoms with Crippen LogP contribution in [0.15, 0.2) is 59.1 Å². The molecule has 3 rings (SSSR count). The number of anilines is 1. The molecule has 0 saturated heterocycles. The maximum atomic E-state index is 13.4. The average molecular weight is 499 g/mol. The maximum Gasteiger partial charge on any atom is 0.175 e. The SMILES string of the molecule is CCOc1cc(CNc2ccc(Cl)c(Cl)c2)cc(Br)c1OCc1cccc(F)c1. The molecule has 0 aliphatic rings. The third-order valence-electron chi connectivity index (χ3n) is 4.06. The first-order valence-corrected chi connectivity index (χ1v) is 10.5. The molecule has 29 heavy (non-hydrogen) atoms. The topological polar surface area (TPSA) is 30.5 Å². The molecule has 3 aromatic rings. The number of hydrogen-bond acceptors (Lipinski definition) is 3. The zero-order valence-electron chi connectivity index (χ0n) is 15.6. The highest BCUT2D eigenvalue weighted by Crippen LogP contribution is 2.38. The first kappa shape index (κ1) is 21.8. The molecule has 7 heteroatoms. The molecule has 1 N–H and O–H groups in total. The van der Waals surface area contributed by atoms with Crippen LogP contribution in [0.3, 0.4) is 0 Å². The van der Waals surface area contributed by atoms with Gasteiger partial charge in [0.2, 0.25) is 0 Å². The van der Waals surface area contributed by atoms with Gasteiger partial charge in [0.1, 0.15) is 12.4 Å². The van der Waals surface area contributed by atoms with Crippen molar-refractivity contribution in [2.75, 3.05) is 11.9 Å². The van der Waals surface area contributed by atoms with Gasteiger partial charge in [-0.05, 0) is 76.4 Å². The maximum absolute atomic E-state index is 13.4. The molecule has 0 amide bonds. The molecule has 0 heterocycles. The Hall–Kier alpha value is -1.95. The van der Waals surface area contributed by atoms with Crippen LogP contribution in [-0.4, -0.2) is 6.61 Å². The van der Waals surface area contributed by atoms with E-state index in [0.717, 1.165) is 21.3 Å². The predicted octanol–water partition coefficient (Wildman–Crippen LogP) is 7.48. The standard InChI is InChI=1S/C22H19BrCl2FNO2/c1-2-28-21-10-15(12-27-17-6-7-19(24)20(25)11-17)9-18(23)22(21)29-13-14-4-3-5-16(26)8-14/h3-11,27H,2,12-13H2,1H3. The van der Waals surface area contributed by atoms with Gasteiger partial charge in [-0.25, -0.2) is 4.39 Å². The summed E-state index contributed by atoms with van der Waals surface area (Å²) in [6.07, 6.45) is 0. The lowest BCUT2D eigenvalue weighted by molar-refractivity contribution is 0.267. The minimum Gasteiger partial charge on any atom is -0.490 e. The molecule has 0 unspecified atom stereocenters. The van der Waals surface area contributed by atoms with E-state index in [1.807, 2.05) is 31.2 Å². The van der Waals surface area contributed by atoms with Gasteiger partial charge in [-0.3, -0.25) is 0 Å². The van der Waals surface area contributed by atoms with Gasteiger partial charge < -0.3 is 14.8 Å². The Bertz CT molecular complexity index is 1000. The third kappa shape index (κ3) is 6.01. The summed E-state index contributed by atoms with van der Waals surface area (Å²) in [5.74, 6) is 0.900. The summed E-state index contributed by atoms with van der Waals surface area (Å²) in [4.78, 5) is 0. The Morgan fingerprint density at radius 1 is 0.966 bits per heavy atom. The number of nitrogens with one attached hydrogen (secondary N) is 1. The molecule has 0 aliphatic carbocycles. The van der Waals surface area contributed by atoms with Crippen LogP contribution in [0.2, 0.25) is 10.0 Å². The van der Waals surface area contributed by atoms with E-state index in [1.54, 1.807) is 18.2 Å². The molecule has 0 bridgehead atoms. The largest absolute Gasteiger partial charge is 0.490 e. The average Bonchev–Trinajstić information content (AvgIpc) is 2.68. The fourth-order valence-electron chi connectivity index (χ4n) is 2.72. The van der Waals surface area contributed by atoms with Crippen LogP contribution in [0.1, 0.15) is 18.1 Å². The predicted molar refractivity (Wildman–Crippen MR) is 120 cm³/mol. The Kier molecular flexibility index (Phi) is 7.64. The van der Waals surface area contributed by atoms with E-state index in [1.165, 1.54) is 12.1 Å². The van der Waals surface area contributed by atoms with Crippen molar-refractivity contribution >= 4 is 44.8 Å². The van der Waals surface area contributed by atoms with Crippen LogP contribution in [0.25, 0.3) is 0 Å². The molecule has 0 saturated carbocycles. The third-order valence-corrected chi connectivity index (χ3v) is 5.39. The lowest BCUT2D eigenvalue weighted by atomic mass is 10.2. The zero-order valence-corrected chi connectivity index (χ0v) is 18.7. The number of halogens is 4. The molecule has 0 spiro atoms. The quantitative estimate of drug-likeness (QED) is 0.349. The first-order chi connectivity index (χ1) is 14.0. The summed E-state index contributed by atoms with van der Waals surface area (Å²) in [6.45, 7) is 3.19. The number of rotatable bonds is 8. The fraction of sp³-hybridized carbons (Fsp3) is 0.182. The summed E-state index contributed by atoms with van der Waals surface area (Å²) in [6, 6.07) is 15.6. The highest BCUT2D eigenvalue weighted by atomic mass is 79.9. The molecular formula is C22H19BrCl2FNO2.